The molecule has 0 saturated heterocycles. The molecule has 2 aromatic heterocycles. The zero-order chi connectivity index (χ0) is 22.7. The smallest absolute Gasteiger partial charge is 0.254 e. The minimum absolute atomic E-state index is 0.0125. The molecule has 0 aliphatic carbocycles. The van der Waals surface area contributed by atoms with E-state index in [0.29, 0.717) is 28.7 Å². The van der Waals surface area contributed by atoms with E-state index in [1.165, 1.54) is 10.9 Å². The fourth-order valence-electron chi connectivity index (χ4n) is 5.01. The number of aromatic amines is 1. The third-order valence-electron chi connectivity index (χ3n) is 6.57. The van der Waals surface area contributed by atoms with E-state index in [4.69, 9.17) is 23.2 Å². The molecule has 2 N–H and O–H groups in total. The standard InChI is InChI=1S/C25H21Cl2N5O/c1-14-23(24(32-22(29-14)8-10-28-32)15-6-7-18(26)19(27)12-15)25(33)31-11-9-17-16-4-2-3-5-20(16)30-21(17)13-31/h2-8,10,12,24,29-30H,9,11,13H2,1H3. The van der Waals surface area contributed by atoms with Gasteiger partial charge in [-0.1, -0.05) is 47.5 Å². The third-order valence-corrected chi connectivity index (χ3v) is 7.31. The molecular weight excluding hydrogens is 457 g/mol. The predicted molar refractivity (Wildman–Crippen MR) is 131 cm³/mol. The Kier molecular flexibility index (Phi) is 4.75. The van der Waals surface area contributed by atoms with Gasteiger partial charge in [-0.3, -0.25) is 4.79 Å². The van der Waals surface area contributed by atoms with Crippen LogP contribution in [0.2, 0.25) is 10.0 Å². The summed E-state index contributed by atoms with van der Waals surface area (Å²) < 4.78 is 1.83. The number of halogens is 2. The Labute approximate surface area is 200 Å². The van der Waals surface area contributed by atoms with Crippen LogP contribution in [0.15, 0.2) is 66.0 Å². The Morgan fingerprint density at radius 3 is 2.82 bits per heavy atom. The molecule has 6 nitrogen and oxygen atoms in total. The largest absolute Gasteiger partial charge is 0.357 e. The molecule has 166 valence electrons. The van der Waals surface area contributed by atoms with Crippen LogP contribution in [0.3, 0.4) is 0 Å². The summed E-state index contributed by atoms with van der Waals surface area (Å²) in [5, 5.41) is 10.0. The van der Waals surface area contributed by atoms with E-state index in [-0.39, 0.29) is 5.91 Å². The second-order valence-electron chi connectivity index (χ2n) is 8.51. The number of H-pyrrole nitrogens is 1. The lowest BCUT2D eigenvalue weighted by atomic mass is 9.93. The first kappa shape index (κ1) is 20.4. The Bertz CT molecular complexity index is 1450. The quantitative estimate of drug-likeness (QED) is 0.397. The van der Waals surface area contributed by atoms with E-state index in [1.54, 1.807) is 12.3 Å². The number of nitrogens with zero attached hydrogens (tertiary/aromatic N) is 3. The molecule has 1 amide bonds. The number of para-hydroxylation sites is 1. The van der Waals surface area contributed by atoms with Gasteiger partial charge in [-0.25, -0.2) is 4.68 Å². The molecule has 0 bridgehead atoms. The highest BCUT2D eigenvalue weighted by Crippen LogP contribution is 2.39. The number of aromatic nitrogens is 3. The maximum Gasteiger partial charge on any atom is 0.254 e. The van der Waals surface area contributed by atoms with E-state index in [1.807, 2.05) is 40.8 Å². The minimum Gasteiger partial charge on any atom is -0.357 e. The molecule has 4 heterocycles. The monoisotopic (exact) mass is 477 g/mol. The number of benzene rings is 2. The normalized spacial score (nSPS) is 17.7. The van der Waals surface area contributed by atoms with E-state index >= 15 is 0 Å². The Hall–Kier alpha value is -3.22. The second-order valence-corrected chi connectivity index (χ2v) is 9.32. The maximum absolute atomic E-state index is 14.0. The number of nitrogens with one attached hydrogen (secondary N) is 2. The van der Waals surface area contributed by atoms with Crippen molar-refractivity contribution in [1.82, 2.24) is 19.7 Å². The van der Waals surface area contributed by atoms with Gasteiger partial charge in [0.1, 0.15) is 11.9 Å². The minimum atomic E-state index is -0.400. The van der Waals surface area contributed by atoms with Crippen LogP contribution in [-0.4, -0.2) is 32.1 Å². The van der Waals surface area contributed by atoms with Crippen LogP contribution in [0, 0.1) is 0 Å². The summed E-state index contributed by atoms with van der Waals surface area (Å²) in [5.74, 6) is 0.818. The van der Waals surface area contributed by atoms with Gasteiger partial charge < -0.3 is 15.2 Å². The van der Waals surface area contributed by atoms with E-state index in [9.17, 15) is 4.79 Å². The summed E-state index contributed by atoms with van der Waals surface area (Å²) in [6, 6.07) is 15.3. The maximum atomic E-state index is 14.0. The van der Waals surface area contributed by atoms with Crippen molar-refractivity contribution in [3.05, 3.63) is 92.9 Å². The molecule has 1 unspecified atom stereocenters. The SMILES string of the molecule is CC1=C(C(=O)N2CCc3c([nH]c4ccccc34)C2)C(c2ccc(Cl)c(Cl)c2)n2nccc2N1. The molecule has 1 atom stereocenters. The molecule has 0 fully saturated rings. The molecule has 33 heavy (non-hydrogen) atoms. The number of anilines is 1. The molecule has 2 aliphatic heterocycles. The highest BCUT2D eigenvalue weighted by Gasteiger charge is 2.36. The van der Waals surface area contributed by atoms with Crippen LogP contribution >= 0.6 is 23.2 Å². The lowest BCUT2D eigenvalue weighted by Gasteiger charge is -2.34. The number of carbonyl (C=O) groups excluding carboxylic acids is 1. The first-order chi connectivity index (χ1) is 16.0. The van der Waals surface area contributed by atoms with Crippen molar-refractivity contribution in [2.45, 2.75) is 25.9 Å². The summed E-state index contributed by atoms with van der Waals surface area (Å²) in [5.41, 5.74) is 5.85. The van der Waals surface area contributed by atoms with Crippen LogP contribution in [-0.2, 0) is 17.8 Å². The van der Waals surface area contributed by atoms with Gasteiger partial charge >= 0.3 is 0 Å². The zero-order valence-electron chi connectivity index (χ0n) is 17.9. The highest BCUT2D eigenvalue weighted by molar-refractivity contribution is 6.42. The number of rotatable bonds is 2. The summed E-state index contributed by atoms with van der Waals surface area (Å²) in [4.78, 5) is 19.4. The van der Waals surface area contributed by atoms with E-state index in [2.05, 4.69) is 33.6 Å². The topological polar surface area (TPSA) is 66.0 Å². The van der Waals surface area contributed by atoms with Gasteiger partial charge in [0.2, 0.25) is 0 Å². The van der Waals surface area contributed by atoms with Gasteiger partial charge in [0.25, 0.3) is 5.91 Å². The van der Waals surface area contributed by atoms with Crippen LogP contribution < -0.4 is 5.32 Å². The molecule has 2 aromatic carbocycles. The Morgan fingerprint density at radius 2 is 1.97 bits per heavy atom. The first-order valence-electron chi connectivity index (χ1n) is 10.9. The highest BCUT2D eigenvalue weighted by atomic mass is 35.5. The van der Waals surface area contributed by atoms with Crippen molar-refractivity contribution >= 4 is 45.8 Å². The summed E-state index contributed by atoms with van der Waals surface area (Å²) >= 11 is 12.5. The van der Waals surface area contributed by atoms with Gasteiger partial charge in [0.05, 0.1) is 28.4 Å². The molecule has 8 heteroatoms. The number of hydrogen-bond acceptors (Lipinski definition) is 3. The fraction of sp³-hybridized carbons (Fsp3) is 0.200. The van der Waals surface area contributed by atoms with Gasteiger partial charge in [-0.2, -0.15) is 5.10 Å². The van der Waals surface area contributed by atoms with Crippen LogP contribution in [0.4, 0.5) is 5.82 Å². The van der Waals surface area contributed by atoms with E-state index in [0.717, 1.165) is 34.7 Å². The van der Waals surface area contributed by atoms with Gasteiger partial charge in [-0.05, 0) is 42.7 Å². The number of allylic oxidation sites excluding steroid dienone is 1. The molecule has 0 spiro atoms. The van der Waals surface area contributed by atoms with E-state index < -0.39 is 6.04 Å². The van der Waals surface area contributed by atoms with Crippen LogP contribution in [0.25, 0.3) is 10.9 Å². The van der Waals surface area contributed by atoms with Crippen molar-refractivity contribution in [3.8, 4) is 0 Å². The molecule has 0 saturated carbocycles. The molecule has 0 radical (unpaired) electrons. The average molecular weight is 478 g/mol. The first-order valence-corrected chi connectivity index (χ1v) is 11.6. The van der Waals surface area contributed by atoms with Gasteiger partial charge in [0.15, 0.2) is 0 Å². The number of amides is 1. The average Bonchev–Trinajstić information content (AvgIpc) is 3.43. The second kappa shape index (κ2) is 7.68. The van der Waals surface area contributed by atoms with Crippen molar-refractivity contribution in [3.63, 3.8) is 0 Å². The van der Waals surface area contributed by atoms with Crippen molar-refractivity contribution in [2.75, 3.05) is 11.9 Å². The van der Waals surface area contributed by atoms with Gasteiger partial charge in [-0.15, -0.1) is 0 Å². The Balaban J connectivity index is 1.40. The lowest BCUT2D eigenvalue weighted by Crippen LogP contribution is -2.40. The molecular formula is C25H21Cl2N5O. The molecule has 2 aliphatic rings. The predicted octanol–water partition coefficient (Wildman–Crippen LogP) is 5.55. The number of carbonyl (C=O) groups is 1. The fourth-order valence-corrected chi connectivity index (χ4v) is 5.32. The van der Waals surface area contributed by atoms with Crippen LogP contribution in [0.1, 0.15) is 29.8 Å². The summed E-state index contributed by atoms with van der Waals surface area (Å²) in [6.45, 7) is 3.14. The van der Waals surface area contributed by atoms with Crippen molar-refractivity contribution in [2.24, 2.45) is 0 Å². The molecule has 4 aromatic rings. The number of hydrogen-bond donors (Lipinski definition) is 2. The summed E-state index contributed by atoms with van der Waals surface area (Å²) in [7, 11) is 0. The molecule has 6 rings (SSSR count). The van der Waals surface area contributed by atoms with Gasteiger partial charge in [0, 0.05) is 34.9 Å². The number of fused-ring (bicyclic) bond motifs is 4. The summed E-state index contributed by atoms with van der Waals surface area (Å²) in [6.07, 6.45) is 2.54. The Morgan fingerprint density at radius 1 is 1.12 bits per heavy atom. The van der Waals surface area contributed by atoms with Crippen molar-refractivity contribution < 1.29 is 4.79 Å². The van der Waals surface area contributed by atoms with Crippen molar-refractivity contribution in [1.29, 1.82) is 0 Å². The lowest BCUT2D eigenvalue weighted by molar-refractivity contribution is -0.128. The third kappa shape index (κ3) is 3.24. The van der Waals surface area contributed by atoms with Crippen LogP contribution in [0.5, 0.6) is 0 Å². The zero-order valence-corrected chi connectivity index (χ0v) is 19.4.